The molecule has 3 fully saturated rings. The van der Waals surface area contributed by atoms with Gasteiger partial charge >= 0.3 is 0 Å². The average Bonchev–Trinajstić information content (AvgIpc) is 3.48. The molecule has 0 spiro atoms. The zero-order valence-electron chi connectivity index (χ0n) is 23.8. The molecule has 6 nitrogen and oxygen atoms in total. The van der Waals surface area contributed by atoms with Crippen LogP contribution >= 0.6 is 0 Å². The van der Waals surface area contributed by atoms with E-state index in [1.54, 1.807) is 7.11 Å². The van der Waals surface area contributed by atoms with Gasteiger partial charge in [0.2, 0.25) is 12.5 Å². The normalized spacial score (nSPS) is 41.8. The standard InChI is InChI=1S/C33H41NO5/c1-31-11-8-24-23(6-5-21-16-22(35)7-12-32(21,24)2)25(31)17-33(36,18-31)13-9-26-28-20(10-14-34(26)3)15-27-29(30(28)37-4)39-19-38-27/h15-16,23-26,36H,5-8,10-12,14,17-19H2,1-4H3/p+1/t23?,24?,25?,26?,31-,32-,33-/m1/s1. The molecule has 2 N–H and O–H groups in total. The van der Waals surface area contributed by atoms with Gasteiger partial charge < -0.3 is 24.2 Å². The lowest BCUT2D eigenvalue weighted by Crippen LogP contribution is -3.10. The van der Waals surface area contributed by atoms with Gasteiger partial charge in [0.05, 0.1) is 26.3 Å². The molecule has 39 heavy (non-hydrogen) atoms. The Labute approximate surface area is 232 Å². The fourth-order valence-electron chi connectivity index (χ4n) is 9.70. The molecule has 2 aliphatic heterocycles. The zero-order chi connectivity index (χ0) is 27.2. The number of hydrogen-bond donors (Lipinski definition) is 2. The SMILES string of the molecule is COc1c2c(cc3c1C(C#C[C@@]1(O)CC4C5CCC6=CC(=O)CC[C@@]6(C)C5CC[C@]4(C)C1)[NH+](C)CC3)OCO2. The molecule has 0 amide bonds. The van der Waals surface area contributed by atoms with Crippen LogP contribution in [0.2, 0.25) is 0 Å². The van der Waals surface area contributed by atoms with E-state index in [4.69, 9.17) is 14.2 Å². The van der Waals surface area contributed by atoms with Gasteiger partial charge in [-0.15, -0.1) is 0 Å². The summed E-state index contributed by atoms with van der Waals surface area (Å²) in [6, 6.07) is 2.00. The van der Waals surface area contributed by atoms with Crippen molar-refractivity contribution in [2.75, 3.05) is 27.5 Å². The summed E-state index contributed by atoms with van der Waals surface area (Å²) in [7, 11) is 3.87. The number of carbonyl (C=O) groups excluding carboxylic acids is 1. The molecule has 0 radical (unpaired) electrons. The van der Waals surface area contributed by atoms with E-state index in [9.17, 15) is 9.90 Å². The van der Waals surface area contributed by atoms with E-state index in [2.05, 4.69) is 38.8 Å². The molecule has 8 atom stereocenters. The van der Waals surface area contributed by atoms with Gasteiger partial charge in [0.15, 0.2) is 23.3 Å². The number of likely N-dealkylation sites (N-methyl/N-ethyl adjacent to an activating group) is 1. The number of rotatable bonds is 1. The molecule has 7 rings (SSSR count). The van der Waals surface area contributed by atoms with E-state index < -0.39 is 5.60 Å². The summed E-state index contributed by atoms with van der Waals surface area (Å²) in [5.41, 5.74) is 2.95. The van der Waals surface area contributed by atoms with Gasteiger partial charge in [-0.3, -0.25) is 4.79 Å². The smallest absolute Gasteiger partial charge is 0.231 e. The third-order valence-corrected chi connectivity index (χ3v) is 11.7. The summed E-state index contributed by atoms with van der Waals surface area (Å²) >= 11 is 0. The van der Waals surface area contributed by atoms with Crippen molar-refractivity contribution in [3.63, 3.8) is 0 Å². The molecule has 208 valence electrons. The van der Waals surface area contributed by atoms with Crippen molar-refractivity contribution in [2.24, 2.45) is 28.6 Å². The first kappa shape index (κ1) is 25.5. The number of allylic oxidation sites excluding steroid dienone is 1. The predicted molar refractivity (Wildman–Crippen MR) is 147 cm³/mol. The second kappa shape index (κ2) is 8.75. The van der Waals surface area contributed by atoms with Gasteiger partial charge in [-0.05, 0) is 97.2 Å². The lowest BCUT2D eigenvalue weighted by Gasteiger charge is -2.57. The summed E-state index contributed by atoms with van der Waals surface area (Å²) in [6.45, 7) is 6.00. The molecular formula is C33H42NO5+. The van der Waals surface area contributed by atoms with Crippen LogP contribution in [0.25, 0.3) is 0 Å². The first-order valence-electron chi connectivity index (χ1n) is 14.9. The Morgan fingerprint density at radius 2 is 1.97 bits per heavy atom. The minimum absolute atomic E-state index is 0.0912. The van der Waals surface area contributed by atoms with E-state index >= 15 is 0 Å². The van der Waals surface area contributed by atoms with E-state index in [0.717, 1.165) is 68.6 Å². The Bertz CT molecular complexity index is 1320. The molecule has 1 aromatic carbocycles. The van der Waals surface area contributed by atoms with Crippen LogP contribution in [0.3, 0.4) is 0 Å². The Hall–Kier alpha value is -2.49. The lowest BCUT2D eigenvalue weighted by molar-refractivity contribution is -0.905. The lowest BCUT2D eigenvalue weighted by atomic mass is 9.47. The van der Waals surface area contributed by atoms with Crippen molar-refractivity contribution in [3.8, 4) is 29.1 Å². The van der Waals surface area contributed by atoms with Crippen molar-refractivity contribution in [3.05, 3.63) is 28.8 Å². The number of aliphatic hydroxyl groups is 1. The number of nitrogens with one attached hydrogen (secondary N) is 1. The maximum absolute atomic E-state index is 12.2. The number of ether oxygens (including phenoxy) is 3. The highest BCUT2D eigenvalue weighted by Crippen LogP contribution is 2.66. The van der Waals surface area contributed by atoms with Crippen LogP contribution in [0.1, 0.15) is 82.4 Å². The van der Waals surface area contributed by atoms with Gasteiger partial charge in [0.25, 0.3) is 0 Å². The predicted octanol–water partition coefficient (Wildman–Crippen LogP) is 3.80. The van der Waals surface area contributed by atoms with E-state index in [1.165, 1.54) is 22.5 Å². The topological polar surface area (TPSA) is 69.4 Å². The Balaban J connectivity index is 1.19. The van der Waals surface area contributed by atoms with E-state index in [0.29, 0.717) is 35.7 Å². The van der Waals surface area contributed by atoms with Gasteiger partial charge in [-0.25, -0.2) is 0 Å². The molecular weight excluding hydrogens is 490 g/mol. The second-order valence-corrected chi connectivity index (χ2v) is 13.8. The molecule has 1 aromatic rings. The first-order chi connectivity index (χ1) is 18.6. The largest absolute Gasteiger partial charge is 0.492 e. The highest BCUT2D eigenvalue weighted by Gasteiger charge is 2.60. The quantitative estimate of drug-likeness (QED) is 0.539. The fraction of sp³-hybridized carbons (Fsp3) is 0.667. The van der Waals surface area contributed by atoms with Crippen LogP contribution in [0.5, 0.6) is 17.2 Å². The molecule has 6 aliphatic rings. The molecule has 3 saturated carbocycles. The molecule has 0 bridgehead atoms. The van der Waals surface area contributed by atoms with Crippen LogP contribution < -0.4 is 19.1 Å². The summed E-state index contributed by atoms with van der Waals surface area (Å²) in [6.07, 6.45) is 10.6. The molecule has 0 aromatic heterocycles. The van der Waals surface area contributed by atoms with Crippen LogP contribution in [-0.4, -0.2) is 44.0 Å². The van der Waals surface area contributed by atoms with Crippen LogP contribution in [0, 0.1) is 40.4 Å². The average molecular weight is 533 g/mol. The summed E-state index contributed by atoms with van der Waals surface area (Å²) in [4.78, 5) is 13.5. The number of ketones is 1. The molecule has 4 aliphatic carbocycles. The Morgan fingerprint density at radius 1 is 1.13 bits per heavy atom. The highest BCUT2D eigenvalue weighted by molar-refractivity contribution is 5.91. The van der Waals surface area contributed by atoms with Gasteiger partial charge in [-0.2, -0.15) is 0 Å². The maximum atomic E-state index is 12.2. The minimum atomic E-state index is -0.977. The molecule has 2 heterocycles. The van der Waals surface area contributed by atoms with E-state index in [1.807, 2.05) is 6.08 Å². The third kappa shape index (κ3) is 3.79. The number of carbonyl (C=O) groups is 1. The maximum Gasteiger partial charge on any atom is 0.231 e. The Morgan fingerprint density at radius 3 is 2.79 bits per heavy atom. The first-order valence-corrected chi connectivity index (χ1v) is 14.9. The molecule has 0 saturated heterocycles. The van der Waals surface area contributed by atoms with E-state index in [-0.39, 0.29) is 23.7 Å². The molecule has 6 heteroatoms. The summed E-state index contributed by atoms with van der Waals surface area (Å²) < 4.78 is 17.3. The van der Waals surface area contributed by atoms with Crippen LogP contribution in [-0.2, 0) is 11.2 Å². The van der Waals surface area contributed by atoms with Gasteiger partial charge in [0, 0.05) is 12.8 Å². The third-order valence-electron chi connectivity index (χ3n) is 11.7. The van der Waals surface area contributed by atoms with Crippen molar-refractivity contribution >= 4 is 5.78 Å². The van der Waals surface area contributed by atoms with Gasteiger partial charge in [-0.1, -0.05) is 25.3 Å². The van der Waals surface area contributed by atoms with Crippen molar-refractivity contribution in [1.82, 2.24) is 0 Å². The minimum Gasteiger partial charge on any atom is -0.492 e. The fourth-order valence-corrected chi connectivity index (χ4v) is 9.70. The number of methoxy groups -OCH3 is 1. The monoisotopic (exact) mass is 532 g/mol. The summed E-state index contributed by atoms with van der Waals surface area (Å²) in [5, 5.41) is 12.0. The molecule has 5 unspecified atom stereocenters. The number of hydrogen-bond acceptors (Lipinski definition) is 5. The number of fused-ring (bicyclic) bond motifs is 7. The van der Waals surface area contributed by atoms with Crippen LogP contribution in [0.15, 0.2) is 17.7 Å². The second-order valence-electron chi connectivity index (χ2n) is 13.8. The van der Waals surface area contributed by atoms with Gasteiger partial charge in [0.1, 0.15) is 5.60 Å². The highest BCUT2D eigenvalue weighted by atomic mass is 16.7. The Kier molecular flexibility index (Phi) is 5.72. The number of benzene rings is 1. The van der Waals surface area contributed by atoms with Crippen LogP contribution in [0.4, 0.5) is 0 Å². The van der Waals surface area contributed by atoms with Crippen molar-refractivity contribution < 1.29 is 29.0 Å². The summed E-state index contributed by atoms with van der Waals surface area (Å²) in [5.74, 6) is 11.2. The van der Waals surface area contributed by atoms with Crippen molar-refractivity contribution in [1.29, 1.82) is 0 Å². The number of quaternary nitrogens is 1. The zero-order valence-corrected chi connectivity index (χ0v) is 23.8. The van der Waals surface area contributed by atoms with Crippen molar-refractivity contribution in [2.45, 2.75) is 83.3 Å².